The van der Waals surface area contributed by atoms with E-state index in [0.717, 1.165) is 6.04 Å². The Balaban J connectivity index is 2.07. The zero-order valence-electron chi connectivity index (χ0n) is 11.9. The molecule has 2 rings (SSSR count). The summed E-state index contributed by atoms with van der Waals surface area (Å²) in [6.07, 6.45) is 5.53. The Morgan fingerprint density at radius 2 is 1.78 bits per heavy atom. The van der Waals surface area contributed by atoms with E-state index in [1.807, 2.05) is 0 Å². The largest absolute Gasteiger partial charge is 0.312 e. The highest BCUT2D eigenvalue weighted by Crippen LogP contribution is 2.28. The first-order valence-corrected chi connectivity index (χ1v) is 7.18. The third kappa shape index (κ3) is 2.93. The monoisotopic (exact) mass is 246 g/mol. The van der Waals surface area contributed by atoms with Crippen LogP contribution in [0, 0.1) is 0 Å². The Bertz CT molecular complexity index is 343. The first kappa shape index (κ1) is 13.6. The molecule has 0 heterocycles. The lowest BCUT2D eigenvalue weighted by atomic mass is 9.98. The lowest BCUT2D eigenvalue weighted by Gasteiger charge is -2.36. The molecule has 18 heavy (non-hydrogen) atoms. The van der Waals surface area contributed by atoms with Crippen LogP contribution in [0.1, 0.15) is 44.2 Å². The summed E-state index contributed by atoms with van der Waals surface area (Å²) >= 11 is 0. The van der Waals surface area contributed by atoms with E-state index in [1.165, 1.54) is 31.2 Å². The van der Waals surface area contributed by atoms with Gasteiger partial charge in [-0.3, -0.25) is 4.90 Å². The smallest absolute Gasteiger partial charge is 0.0472 e. The Morgan fingerprint density at radius 3 is 2.33 bits per heavy atom. The van der Waals surface area contributed by atoms with Crippen molar-refractivity contribution < 1.29 is 0 Å². The van der Waals surface area contributed by atoms with Crippen LogP contribution in [0.15, 0.2) is 30.3 Å². The fraction of sp³-hybridized carbons (Fsp3) is 0.625. The average Bonchev–Trinajstić information content (AvgIpc) is 2.94. The molecule has 0 bridgehead atoms. The van der Waals surface area contributed by atoms with Crippen molar-refractivity contribution in [3.8, 4) is 0 Å². The van der Waals surface area contributed by atoms with Crippen molar-refractivity contribution in [1.82, 2.24) is 10.2 Å². The molecule has 2 nitrogen and oxygen atoms in total. The average molecular weight is 246 g/mol. The van der Waals surface area contributed by atoms with E-state index in [1.54, 1.807) is 0 Å². The number of likely N-dealkylation sites (N-methyl/N-ethyl adjacent to an activating group) is 2. The zero-order chi connectivity index (χ0) is 13.0. The van der Waals surface area contributed by atoms with Crippen LogP contribution in [0.3, 0.4) is 0 Å². The minimum absolute atomic E-state index is 0.414. The van der Waals surface area contributed by atoms with E-state index < -0.39 is 0 Å². The zero-order valence-corrected chi connectivity index (χ0v) is 11.9. The van der Waals surface area contributed by atoms with Gasteiger partial charge in [-0.2, -0.15) is 0 Å². The molecule has 0 spiro atoms. The predicted molar refractivity (Wildman–Crippen MR) is 77.7 cm³/mol. The first-order chi connectivity index (χ1) is 8.74. The summed E-state index contributed by atoms with van der Waals surface area (Å²) < 4.78 is 0. The van der Waals surface area contributed by atoms with E-state index in [2.05, 4.69) is 61.6 Å². The fourth-order valence-electron chi connectivity index (χ4n) is 3.23. The summed E-state index contributed by atoms with van der Waals surface area (Å²) in [6, 6.07) is 12.5. The minimum atomic E-state index is 0.414. The number of hydrogen-bond acceptors (Lipinski definition) is 2. The molecule has 2 unspecified atom stereocenters. The van der Waals surface area contributed by atoms with Crippen LogP contribution in [0.4, 0.5) is 0 Å². The van der Waals surface area contributed by atoms with Gasteiger partial charge in [0.05, 0.1) is 0 Å². The van der Waals surface area contributed by atoms with Gasteiger partial charge in [0.25, 0.3) is 0 Å². The van der Waals surface area contributed by atoms with Gasteiger partial charge >= 0.3 is 0 Å². The van der Waals surface area contributed by atoms with Gasteiger partial charge in [0.1, 0.15) is 0 Å². The van der Waals surface area contributed by atoms with Crippen molar-refractivity contribution in [3.63, 3.8) is 0 Å². The summed E-state index contributed by atoms with van der Waals surface area (Å²) in [6.45, 7) is 2.34. The summed E-state index contributed by atoms with van der Waals surface area (Å²) in [5.41, 5.74) is 1.39. The molecule has 0 radical (unpaired) electrons. The Hall–Kier alpha value is -0.860. The number of benzene rings is 1. The van der Waals surface area contributed by atoms with Crippen molar-refractivity contribution in [1.29, 1.82) is 0 Å². The third-order valence-electron chi connectivity index (χ3n) is 4.50. The van der Waals surface area contributed by atoms with Gasteiger partial charge in [0.2, 0.25) is 0 Å². The Labute approximate surface area is 111 Å². The molecule has 100 valence electrons. The molecule has 0 saturated heterocycles. The standard InChI is InChI=1S/C16H26N2/c1-13(18(3)15-11-7-8-12-15)16(17-2)14-9-5-4-6-10-14/h4-6,9-10,13,15-17H,7-8,11-12H2,1-3H3. The van der Waals surface area contributed by atoms with Gasteiger partial charge in [-0.15, -0.1) is 0 Å². The van der Waals surface area contributed by atoms with E-state index in [9.17, 15) is 0 Å². The second-order valence-corrected chi connectivity index (χ2v) is 5.52. The maximum atomic E-state index is 3.48. The van der Waals surface area contributed by atoms with Crippen LogP contribution >= 0.6 is 0 Å². The van der Waals surface area contributed by atoms with Gasteiger partial charge in [0.15, 0.2) is 0 Å². The molecule has 1 aromatic rings. The molecule has 0 amide bonds. The third-order valence-corrected chi connectivity index (χ3v) is 4.50. The molecule has 2 atom stereocenters. The molecule has 2 heteroatoms. The van der Waals surface area contributed by atoms with Gasteiger partial charge < -0.3 is 5.32 Å². The molecule has 1 aliphatic carbocycles. The molecular formula is C16H26N2. The van der Waals surface area contributed by atoms with E-state index in [4.69, 9.17) is 0 Å². The fourth-order valence-corrected chi connectivity index (χ4v) is 3.23. The highest BCUT2D eigenvalue weighted by Gasteiger charge is 2.28. The van der Waals surface area contributed by atoms with Crippen molar-refractivity contribution in [2.45, 2.75) is 50.7 Å². The molecule has 1 N–H and O–H groups in total. The van der Waals surface area contributed by atoms with Crippen LogP contribution in [0.25, 0.3) is 0 Å². The summed E-state index contributed by atoms with van der Waals surface area (Å²) in [4.78, 5) is 2.57. The second kappa shape index (κ2) is 6.35. The lowest BCUT2D eigenvalue weighted by molar-refractivity contribution is 0.154. The van der Waals surface area contributed by atoms with Gasteiger partial charge in [-0.25, -0.2) is 0 Å². The van der Waals surface area contributed by atoms with Crippen LogP contribution in [0.5, 0.6) is 0 Å². The maximum Gasteiger partial charge on any atom is 0.0472 e. The van der Waals surface area contributed by atoms with Gasteiger partial charge in [0, 0.05) is 18.1 Å². The Kier molecular flexibility index (Phi) is 4.79. The molecule has 0 aliphatic heterocycles. The van der Waals surface area contributed by atoms with Crippen LogP contribution in [-0.4, -0.2) is 31.1 Å². The van der Waals surface area contributed by atoms with Crippen molar-refractivity contribution in [3.05, 3.63) is 35.9 Å². The summed E-state index contributed by atoms with van der Waals surface area (Å²) in [7, 11) is 4.35. The first-order valence-electron chi connectivity index (χ1n) is 7.18. The van der Waals surface area contributed by atoms with Crippen molar-refractivity contribution >= 4 is 0 Å². The summed E-state index contributed by atoms with van der Waals surface area (Å²) in [5, 5.41) is 3.48. The van der Waals surface area contributed by atoms with E-state index >= 15 is 0 Å². The lowest BCUT2D eigenvalue weighted by Crippen LogP contribution is -2.44. The highest BCUT2D eigenvalue weighted by molar-refractivity contribution is 5.20. The topological polar surface area (TPSA) is 15.3 Å². The number of nitrogens with zero attached hydrogens (tertiary/aromatic N) is 1. The number of rotatable bonds is 5. The normalized spacial score (nSPS) is 20.2. The van der Waals surface area contributed by atoms with Gasteiger partial charge in [-0.05, 0) is 39.4 Å². The number of hydrogen-bond donors (Lipinski definition) is 1. The van der Waals surface area contributed by atoms with Crippen LogP contribution in [0.2, 0.25) is 0 Å². The Morgan fingerprint density at radius 1 is 1.17 bits per heavy atom. The maximum absolute atomic E-state index is 3.48. The van der Waals surface area contributed by atoms with Gasteiger partial charge in [-0.1, -0.05) is 43.2 Å². The van der Waals surface area contributed by atoms with Crippen molar-refractivity contribution in [2.24, 2.45) is 0 Å². The molecular weight excluding hydrogens is 220 g/mol. The van der Waals surface area contributed by atoms with Crippen LogP contribution in [-0.2, 0) is 0 Å². The van der Waals surface area contributed by atoms with Crippen LogP contribution < -0.4 is 5.32 Å². The highest BCUT2D eigenvalue weighted by atomic mass is 15.2. The molecule has 1 aliphatic rings. The summed E-state index contributed by atoms with van der Waals surface area (Å²) in [5.74, 6) is 0. The SMILES string of the molecule is CNC(c1ccccc1)C(C)N(C)C1CCCC1. The molecule has 1 saturated carbocycles. The second-order valence-electron chi connectivity index (χ2n) is 5.52. The number of nitrogens with one attached hydrogen (secondary N) is 1. The quantitative estimate of drug-likeness (QED) is 0.858. The van der Waals surface area contributed by atoms with Crippen molar-refractivity contribution in [2.75, 3.05) is 14.1 Å². The van der Waals surface area contributed by atoms with E-state index in [0.29, 0.717) is 12.1 Å². The predicted octanol–water partition coefficient (Wildman–Crippen LogP) is 3.21. The molecule has 1 aromatic carbocycles. The molecule has 0 aromatic heterocycles. The minimum Gasteiger partial charge on any atom is -0.312 e. The molecule has 1 fully saturated rings. The van der Waals surface area contributed by atoms with E-state index in [-0.39, 0.29) is 0 Å².